The first kappa shape index (κ1) is 16.1. The van der Waals surface area contributed by atoms with Crippen molar-refractivity contribution in [2.75, 3.05) is 31.2 Å². The minimum Gasteiger partial charge on any atom is -0.435 e. The van der Waals surface area contributed by atoms with E-state index in [1.807, 2.05) is 0 Å². The molecule has 5 nitrogen and oxygen atoms in total. The third-order valence-corrected chi connectivity index (χ3v) is 4.12. The lowest BCUT2D eigenvalue weighted by molar-refractivity contribution is -0.119. The number of alkyl halides is 2. The standard InChI is InChI=1S/C16H20F2N2O3/c17-16(18)23-13-3-4-14-11(8-13)2-1-6-20(14)15(21)9-12-10-22-7-5-19-12/h3-4,8,12,16,19H,1-2,5-7,9-10H2. The second-order valence-corrected chi connectivity index (χ2v) is 5.75. The molecule has 0 aromatic heterocycles. The molecule has 1 N–H and O–H groups in total. The summed E-state index contributed by atoms with van der Waals surface area (Å²) in [6, 6.07) is 4.80. The van der Waals surface area contributed by atoms with Gasteiger partial charge >= 0.3 is 6.61 Å². The zero-order valence-corrected chi connectivity index (χ0v) is 12.8. The molecule has 0 saturated carbocycles. The Morgan fingerprint density at radius 2 is 2.35 bits per heavy atom. The van der Waals surface area contributed by atoms with E-state index in [4.69, 9.17) is 4.74 Å². The maximum Gasteiger partial charge on any atom is 0.387 e. The van der Waals surface area contributed by atoms with Gasteiger partial charge in [0.05, 0.1) is 13.2 Å². The predicted octanol–water partition coefficient (Wildman–Crippen LogP) is 1.95. The van der Waals surface area contributed by atoms with Gasteiger partial charge in [-0.05, 0) is 36.6 Å². The molecular formula is C16H20F2N2O3. The molecule has 1 aromatic carbocycles. The number of carbonyl (C=O) groups is 1. The minimum atomic E-state index is -2.84. The molecular weight excluding hydrogens is 306 g/mol. The van der Waals surface area contributed by atoms with Gasteiger partial charge in [0.25, 0.3) is 0 Å². The number of morpholine rings is 1. The number of hydrogen-bond donors (Lipinski definition) is 1. The van der Waals surface area contributed by atoms with Crippen LogP contribution in [0, 0.1) is 0 Å². The number of benzene rings is 1. The summed E-state index contributed by atoms with van der Waals surface area (Å²) in [6.07, 6.45) is 1.94. The number of carbonyl (C=O) groups excluding carboxylic acids is 1. The largest absolute Gasteiger partial charge is 0.435 e. The lowest BCUT2D eigenvalue weighted by Crippen LogP contribution is -2.46. The molecule has 2 heterocycles. The highest BCUT2D eigenvalue weighted by atomic mass is 19.3. The molecule has 2 aliphatic rings. The van der Waals surface area contributed by atoms with E-state index in [1.165, 1.54) is 6.07 Å². The van der Waals surface area contributed by atoms with Crippen molar-refractivity contribution < 1.29 is 23.0 Å². The maximum absolute atomic E-state index is 12.6. The van der Waals surface area contributed by atoms with Crippen LogP contribution in [0.4, 0.5) is 14.5 Å². The second kappa shape index (κ2) is 7.23. The molecule has 1 unspecified atom stereocenters. The molecule has 1 aromatic rings. The molecule has 126 valence electrons. The summed E-state index contributed by atoms with van der Waals surface area (Å²) in [6.45, 7) is -0.235. The molecule has 1 fully saturated rings. The third kappa shape index (κ3) is 3.97. The summed E-state index contributed by atoms with van der Waals surface area (Å²) < 4.78 is 34.4. The summed E-state index contributed by atoms with van der Waals surface area (Å²) in [7, 11) is 0. The lowest BCUT2D eigenvalue weighted by Gasteiger charge is -2.32. The number of fused-ring (bicyclic) bond motifs is 1. The number of anilines is 1. The Balaban J connectivity index is 1.71. The Hall–Kier alpha value is -1.73. The topological polar surface area (TPSA) is 50.8 Å². The number of hydrogen-bond acceptors (Lipinski definition) is 4. The number of rotatable bonds is 4. The van der Waals surface area contributed by atoms with Gasteiger partial charge < -0.3 is 19.7 Å². The normalized spacial score (nSPS) is 21.2. The van der Waals surface area contributed by atoms with Crippen molar-refractivity contribution in [1.29, 1.82) is 0 Å². The average molecular weight is 326 g/mol. The Kier molecular flexibility index (Phi) is 5.07. The van der Waals surface area contributed by atoms with Gasteiger partial charge in [-0.1, -0.05) is 0 Å². The van der Waals surface area contributed by atoms with E-state index in [2.05, 4.69) is 10.1 Å². The average Bonchev–Trinajstić information content (AvgIpc) is 2.54. The number of ether oxygens (including phenoxy) is 2. The first-order chi connectivity index (χ1) is 11.1. The molecule has 7 heteroatoms. The highest BCUT2D eigenvalue weighted by molar-refractivity contribution is 5.95. The number of amides is 1. The Bertz CT molecular complexity index is 562. The Morgan fingerprint density at radius 1 is 1.48 bits per heavy atom. The maximum atomic E-state index is 12.6. The van der Waals surface area contributed by atoms with E-state index < -0.39 is 6.61 Å². The second-order valence-electron chi connectivity index (χ2n) is 5.75. The molecule has 0 bridgehead atoms. The molecule has 0 radical (unpaired) electrons. The van der Waals surface area contributed by atoms with Crippen molar-refractivity contribution in [2.24, 2.45) is 0 Å². The smallest absolute Gasteiger partial charge is 0.387 e. The van der Waals surface area contributed by atoms with Crippen LogP contribution in [0.1, 0.15) is 18.4 Å². The number of nitrogens with one attached hydrogen (secondary N) is 1. The first-order valence-electron chi connectivity index (χ1n) is 7.83. The molecule has 1 atom stereocenters. The number of nitrogens with zero attached hydrogens (tertiary/aromatic N) is 1. The summed E-state index contributed by atoms with van der Waals surface area (Å²) in [5.41, 5.74) is 1.66. The van der Waals surface area contributed by atoms with Crippen LogP contribution in [-0.4, -0.2) is 44.9 Å². The Labute approximate surface area is 133 Å². The van der Waals surface area contributed by atoms with E-state index in [9.17, 15) is 13.6 Å². The molecule has 0 aliphatic carbocycles. The van der Waals surface area contributed by atoms with Crippen LogP contribution in [0.5, 0.6) is 5.75 Å². The molecule has 1 amide bonds. The molecule has 3 rings (SSSR count). The van der Waals surface area contributed by atoms with E-state index in [-0.39, 0.29) is 17.7 Å². The fourth-order valence-corrected chi connectivity index (χ4v) is 3.08. The van der Waals surface area contributed by atoms with E-state index in [0.29, 0.717) is 26.2 Å². The van der Waals surface area contributed by atoms with Crippen molar-refractivity contribution in [3.63, 3.8) is 0 Å². The van der Waals surface area contributed by atoms with Crippen LogP contribution in [0.2, 0.25) is 0 Å². The van der Waals surface area contributed by atoms with Crippen molar-refractivity contribution >= 4 is 11.6 Å². The van der Waals surface area contributed by atoms with Crippen LogP contribution < -0.4 is 15.0 Å². The van der Waals surface area contributed by atoms with Gasteiger partial charge in [0.15, 0.2) is 0 Å². The molecule has 0 spiro atoms. The molecule has 2 aliphatic heterocycles. The Morgan fingerprint density at radius 3 is 3.09 bits per heavy atom. The summed E-state index contributed by atoms with van der Waals surface area (Å²) in [5.74, 6) is 0.159. The fourth-order valence-electron chi connectivity index (χ4n) is 3.08. The van der Waals surface area contributed by atoms with Crippen molar-refractivity contribution in [2.45, 2.75) is 31.9 Å². The van der Waals surface area contributed by atoms with E-state index in [1.54, 1.807) is 17.0 Å². The van der Waals surface area contributed by atoms with Crippen molar-refractivity contribution in [1.82, 2.24) is 5.32 Å². The zero-order chi connectivity index (χ0) is 16.2. The fraction of sp³-hybridized carbons (Fsp3) is 0.562. The van der Waals surface area contributed by atoms with Gasteiger partial charge in [0.1, 0.15) is 5.75 Å². The lowest BCUT2D eigenvalue weighted by atomic mass is 10.0. The molecule has 23 heavy (non-hydrogen) atoms. The minimum absolute atomic E-state index is 0.0245. The summed E-state index contributed by atoms with van der Waals surface area (Å²) >= 11 is 0. The summed E-state index contributed by atoms with van der Waals surface area (Å²) in [4.78, 5) is 14.3. The van der Waals surface area contributed by atoms with Gasteiger partial charge in [0, 0.05) is 31.2 Å². The van der Waals surface area contributed by atoms with Gasteiger partial charge in [-0.3, -0.25) is 4.79 Å². The van der Waals surface area contributed by atoms with Crippen LogP contribution in [0.3, 0.4) is 0 Å². The van der Waals surface area contributed by atoms with Crippen LogP contribution in [0.25, 0.3) is 0 Å². The SMILES string of the molecule is O=C(CC1COCCN1)N1CCCc2cc(OC(F)F)ccc21. The summed E-state index contributed by atoms with van der Waals surface area (Å²) in [5, 5.41) is 3.27. The van der Waals surface area contributed by atoms with E-state index in [0.717, 1.165) is 30.6 Å². The number of aryl methyl sites for hydroxylation is 1. The van der Waals surface area contributed by atoms with Gasteiger partial charge in [-0.2, -0.15) is 8.78 Å². The monoisotopic (exact) mass is 326 g/mol. The van der Waals surface area contributed by atoms with Crippen LogP contribution in [0.15, 0.2) is 18.2 Å². The highest BCUT2D eigenvalue weighted by Gasteiger charge is 2.26. The van der Waals surface area contributed by atoms with Crippen LogP contribution >= 0.6 is 0 Å². The highest BCUT2D eigenvalue weighted by Crippen LogP contribution is 2.31. The third-order valence-electron chi connectivity index (χ3n) is 4.12. The quantitative estimate of drug-likeness (QED) is 0.919. The zero-order valence-electron chi connectivity index (χ0n) is 12.8. The van der Waals surface area contributed by atoms with Gasteiger partial charge in [-0.15, -0.1) is 0 Å². The predicted molar refractivity (Wildman–Crippen MR) is 81.0 cm³/mol. The van der Waals surface area contributed by atoms with Gasteiger partial charge in [0.2, 0.25) is 5.91 Å². The van der Waals surface area contributed by atoms with Crippen LogP contribution in [-0.2, 0) is 16.0 Å². The van der Waals surface area contributed by atoms with Crippen molar-refractivity contribution in [3.8, 4) is 5.75 Å². The van der Waals surface area contributed by atoms with Crippen molar-refractivity contribution in [3.05, 3.63) is 23.8 Å². The first-order valence-corrected chi connectivity index (χ1v) is 7.83. The van der Waals surface area contributed by atoms with Gasteiger partial charge in [-0.25, -0.2) is 0 Å². The number of halogens is 2. The molecule has 1 saturated heterocycles. The van der Waals surface area contributed by atoms with E-state index >= 15 is 0 Å².